The van der Waals surface area contributed by atoms with Gasteiger partial charge in [-0.05, 0) is 18.6 Å². The molecule has 0 aliphatic heterocycles. The van der Waals surface area contributed by atoms with Gasteiger partial charge in [-0.1, -0.05) is 35.9 Å². The van der Waals surface area contributed by atoms with E-state index in [1.54, 1.807) is 6.08 Å². The van der Waals surface area contributed by atoms with E-state index in [0.717, 1.165) is 11.1 Å². The average Bonchev–Trinajstić information content (AvgIpc) is 2.25. The number of benzene rings is 1. The van der Waals surface area contributed by atoms with Crippen LogP contribution in [0, 0.1) is 6.92 Å². The molecule has 15 heavy (non-hydrogen) atoms. The lowest BCUT2D eigenvalue weighted by Gasteiger charge is -1.95. The maximum atomic E-state index is 11.1. The van der Waals surface area contributed by atoms with Crippen molar-refractivity contribution in [2.75, 3.05) is 7.11 Å². The normalized spacial score (nSPS) is 10.3. The number of esters is 1. The Labute approximate surface area is 88.4 Å². The van der Waals surface area contributed by atoms with E-state index < -0.39 is 11.8 Å². The van der Waals surface area contributed by atoms with E-state index in [1.807, 2.05) is 31.2 Å². The molecule has 0 aliphatic rings. The minimum absolute atomic E-state index is 0.654. The molecule has 1 rings (SSSR count). The Morgan fingerprint density at radius 1 is 1.33 bits per heavy atom. The molecule has 0 saturated heterocycles. The van der Waals surface area contributed by atoms with Crippen molar-refractivity contribution in [3.63, 3.8) is 0 Å². The second kappa shape index (κ2) is 5.10. The Balaban J connectivity index is 2.74. The first kappa shape index (κ1) is 11.2. The summed E-state index contributed by atoms with van der Waals surface area (Å²) in [4.78, 5) is 21.8. The van der Waals surface area contributed by atoms with Crippen molar-refractivity contribution in [1.82, 2.24) is 0 Å². The molecular formula is C12H12O3. The first-order valence-corrected chi connectivity index (χ1v) is 4.50. The monoisotopic (exact) mass is 204 g/mol. The molecule has 1 aromatic rings. The van der Waals surface area contributed by atoms with Crippen molar-refractivity contribution in [2.24, 2.45) is 0 Å². The minimum atomic E-state index is -0.848. The maximum absolute atomic E-state index is 11.1. The molecular weight excluding hydrogens is 192 g/mol. The van der Waals surface area contributed by atoms with Crippen LogP contribution in [-0.4, -0.2) is 18.9 Å². The lowest BCUT2D eigenvalue weighted by Crippen LogP contribution is -2.12. The van der Waals surface area contributed by atoms with Crippen LogP contribution in [0.4, 0.5) is 0 Å². The van der Waals surface area contributed by atoms with Gasteiger partial charge in [0, 0.05) is 0 Å². The van der Waals surface area contributed by atoms with Crippen LogP contribution in [0.15, 0.2) is 30.3 Å². The van der Waals surface area contributed by atoms with Crippen molar-refractivity contribution < 1.29 is 14.3 Å². The lowest BCUT2D eigenvalue weighted by atomic mass is 10.1. The number of ketones is 1. The molecule has 0 fully saturated rings. The molecule has 0 atom stereocenters. The third-order valence-corrected chi connectivity index (χ3v) is 1.86. The Morgan fingerprint density at radius 3 is 2.67 bits per heavy atom. The Hall–Kier alpha value is -1.90. The predicted octanol–water partition coefficient (Wildman–Crippen LogP) is 1.75. The van der Waals surface area contributed by atoms with E-state index in [9.17, 15) is 9.59 Å². The third-order valence-electron chi connectivity index (χ3n) is 1.86. The summed E-state index contributed by atoms with van der Waals surface area (Å²) < 4.78 is 4.28. The van der Waals surface area contributed by atoms with Gasteiger partial charge >= 0.3 is 5.97 Å². The summed E-state index contributed by atoms with van der Waals surface area (Å²) in [6.07, 6.45) is 2.80. The standard InChI is InChI=1S/C12H12O3/c1-9-4-3-5-10(8-9)6-7-11(13)12(14)15-2/h3-8H,1-2H3/b7-6+. The zero-order chi connectivity index (χ0) is 11.3. The van der Waals surface area contributed by atoms with Gasteiger partial charge in [-0.2, -0.15) is 0 Å². The van der Waals surface area contributed by atoms with Crippen molar-refractivity contribution in [1.29, 1.82) is 0 Å². The van der Waals surface area contributed by atoms with Gasteiger partial charge in [-0.25, -0.2) is 4.79 Å². The van der Waals surface area contributed by atoms with E-state index in [1.165, 1.54) is 13.2 Å². The highest BCUT2D eigenvalue weighted by atomic mass is 16.5. The zero-order valence-corrected chi connectivity index (χ0v) is 8.69. The Bertz CT molecular complexity index is 405. The Morgan fingerprint density at radius 2 is 2.07 bits per heavy atom. The molecule has 0 N–H and O–H groups in total. The van der Waals surface area contributed by atoms with Crippen LogP contribution < -0.4 is 0 Å². The summed E-state index contributed by atoms with van der Waals surface area (Å²) in [5, 5.41) is 0. The van der Waals surface area contributed by atoms with Gasteiger partial charge in [-0.15, -0.1) is 0 Å². The van der Waals surface area contributed by atoms with Crippen LogP contribution in [0.25, 0.3) is 6.08 Å². The topological polar surface area (TPSA) is 43.4 Å². The highest BCUT2D eigenvalue weighted by molar-refractivity contribution is 6.39. The van der Waals surface area contributed by atoms with Crippen LogP contribution >= 0.6 is 0 Å². The number of aryl methyl sites for hydroxylation is 1. The summed E-state index contributed by atoms with van der Waals surface area (Å²) in [7, 11) is 1.18. The first-order chi connectivity index (χ1) is 7.13. The van der Waals surface area contributed by atoms with Gasteiger partial charge in [0.05, 0.1) is 7.11 Å². The number of rotatable bonds is 3. The van der Waals surface area contributed by atoms with E-state index in [0.29, 0.717) is 0 Å². The van der Waals surface area contributed by atoms with Crippen LogP contribution in [0.1, 0.15) is 11.1 Å². The van der Waals surface area contributed by atoms with Crippen LogP contribution in [0.5, 0.6) is 0 Å². The second-order valence-electron chi connectivity index (χ2n) is 3.10. The summed E-state index contributed by atoms with van der Waals surface area (Å²) in [6, 6.07) is 7.62. The number of methoxy groups -OCH3 is 1. The molecule has 78 valence electrons. The van der Waals surface area contributed by atoms with Gasteiger partial charge < -0.3 is 4.74 Å². The largest absolute Gasteiger partial charge is 0.463 e. The third kappa shape index (κ3) is 3.38. The first-order valence-electron chi connectivity index (χ1n) is 4.50. The minimum Gasteiger partial charge on any atom is -0.463 e. The van der Waals surface area contributed by atoms with Crippen molar-refractivity contribution in [3.8, 4) is 0 Å². The molecule has 0 unspecified atom stereocenters. The van der Waals surface area contributed by atoms with Gasteiger partial charge in [-0.3, -0.25) is 4.79 Å². The fourth-order valence-corrected chi connectivity index (χ4v) is 1.11. The molecule has 3 heteroatoms. The average molecular weight is 204 g/mol. The summed E-state index contributed by atoms with van der Waals surface area (Å²) in [5.41, 5.74) is 1.98. The Kier molecular flexibility index (Phi) is 3.80. The van der Waals surface area contributed by atoms with Gasteiger partial charge in [0.15, 0.2) is 0 Å². The number of ether oxygens (including phenoxy) is 1. The van der Waals surface area contributed by atoms with Gasteiger partial charge in [0.1, 0.15) is 0 Å². The van der Waals surface area contributed by atoms with E-state index in [-0.39, 0.29) is 0 Å². The second-order valence-corrected chi connectivity index (χ2v) is 3.10. The van der Waals surface area contributed by atoms with Gasteiger partial charge in [0.25, 0.3) is 5.78 Å². The maximum Gasteiger partial charge on any atom is 0.378 e. The summed E-state index contributed by atoms with van der Waals surface area (Å²) in [6.45, 7) is 1.96. The number of hydrogen-bond donors (Lipinski definition) is 0. The molecule has 3 nitrogen and oxygen atoms in total. The van der Waals surface area contributed by atoms with Crippen molar-refractivity contribution >= 4 is 17.8 Å². The highest BCUT2D eigenvalue weighted by Crippen LogP contribution is 2.05. The molecule has 0 aliphatic carbocycles. The molecule has 1 aromatic carbocycles. The lowest BCUT2D eigenvalue weighted by molar-refractivity contribution is -0.149. The van der Waals surface area contributed by atoms with Crippen molar-refractivity contribution in [3.05, 3.63) is 41.5 Å². The molecule has 0 saturated carbocycles. The van der Waals surface area contributed by atoms with Crippen LogP contribution in [-0.2, 0) is 14.3 Å². The fraction of sp³-hybridized carbons (Fsp3) is 0.167. The molecule has 0 radical (unpaired) electrons. The van der Waals surface area contributed by atoms with Crippen molar-refractivity contribution in [2.45, 2.75) is 6.92 Å². The zero-order valence-electron chi connectivity index (χ0n) is 8.69. The quantitative estimate of drug-likeness (QED) is 0.428. The fourth-order valence-electron chi connectivity index (χ4n) is 1.11. The van der Waals surface area contributed by atoms with Gasteiger partial charge in [0.2, 0.25) is 0 Å². The summed E-state index contributed by atoms with van der Waals surface area (Å²) >= 11 is 0. The van der Waals surface area contributed by atoms with Crippen LogP contribution in [0.3, 0.4) is 0 Å². The SMILES string of the molecule is COC(=O)C(=O)/C=C/c1cccc(C)c1. The molecule has 0 aromatic heterocycles. The smallest absolute Gasteiger partial charge is 0.378 e. The summed E-state index contributed by atoms with van der Waals surface area (Å²) in [5.74, 6) is -1.50. The number of carbonyl (C=O) groups is 2. The molecule has 0 spiro atoms. The van der Waals surface area contributed by atoms with Crippen LogP contribution in [0.2, 0.25) is 0 Å². The molecule has 0 amide bonds. The molecule has 0 heterocycles. The predicted molar refractivity (Wildman–Crippen MR) is 57.2 cm³/mol. The molecule has 0 bridgehead atoms. The number of carbonyl (C=O) groups excluding carboxylic acids is 2. The van der Waals surface area contributed by atoms with E-state index >= 15 is 0 Å². The highest BCUT2D eigenvalue weighted by Gasteiger charge is 2.08. The number of hydrogen-bond acceptors (Lipinski definition) is 3. The van der Waals surface area contributed by atoms with E-state index in [2.05, 4.69) is 4.74 Å². The van der Waals surface area contributed by atoms with E-state index in [4.69, 9.17) is 0 Å².